The fourth-order valence-corrected chi connectivity index (χ4v) is 3.87. The minimum absolute atomic E-state index is 0.473. The van der Waals surface area contributed by atoms with Gasteiger partial charge in [-0.2, -0.15) is 5.26 Å². The van der Waals surface area contributed by atoms with Gasteiger partial charge in [0.1, 0.15) is 0 Å². The minimum Gasteiger partial charge on any atom is -0.388 e. The molecule has 1 saturated heterocycles. The number of hydrogen-bond donors (Lipinski definition) is 2. The first kappa shape index (κ1) is 13.8. The van der Waals surface area contributed by atoms with Crippen LogP contribution in [-0.4, -0.2) is 23.8 Å². The molecule has 0 bridgehead atoms. The lowest BCUT2D eigenvalue weighted by molar-refractivity contribution is -0.0975. The summed E-state index contributed by atoms with van der Waals surface area (Å²) < 4.78 is 0. The Bertz CT molecular complexity index is 307. The van der Waals surface area contributed by atoms with Gasteiger partial charge in [-0.05, 0) is 57.5 Å². The maximum Gasteiger partial charge on any atom is 0.0861 e. The SMILES string of the molecule is CCCC1CCC(C#N)(C2(O)CCNCC2)CC1. The molecule has 2 rings (SSSR count). The Hall–Kier alpha value is -0.590. The second-order valence-corrected chi connectivity index (χ2v) is 6.21. The van der Waals surface area contributed by atoms with E-state index < -0.39 is 11.0 Å². The minimum atomic E-state index is -0.746. The van der Waals surface area contributed by atoms with Gasteiger partial charge in [0.25, 0.3) is 0 Å². The molecule has 1 heterocycles. The molecule has 3 heteroatoms. The lowest BCUT2D eigenvalue weighted by atomic mass is 9.59. The Morgan fingerprint density at radius 2 is 1.83 bits per heavy atom. The van der Waals surface area contributed by atoms with Gasteiger partial charge >= 0.3 is 0 Å². The van der Waals surface area contributed by atoms with Gasteiger partial charge in [0.15, 0.2) is 0 Å². The Labute approximate surface area is 111 Å². The van der Waals surface area contributed by atoms with Crippen molar-refractivity contribution in [2.24, 2.45) is 11.3 Å². The van der Waals surface area contributed by atoms with Gasteiger partial charge in [0, 0.05) is 0 Å². The van der Waals surface area contributed by atoms with E-state index in [0.717, 1.165) is 57.5 Å². The van der Waals surface area contributed by atoms with Crippen LogP contribution in [0, 0.1) is 22.7 Å². The lowest BCUT2D eigenvalue weighted by Crippen LogP contribution is -2.55. The highest BCUT2D eigenvalue weighted by molar-refractivity contribution is 5.14. The summed E-state index contributed by atoms with van der Waals surface area (Å²) in [4.78, 5) is 0. The summed E-state index contributed by atoms with van der Waals surface area (Å²) in [5, 5.41) is 23.8. The average Bonchev–Trinajstić information content (AvgIpc) is 2.41. The van der Waals surface area contributed by atoms with E-state index in [9.17, 15) is 10.4 Å². The molecule has 18 heavy (non-hydrogen) atoms. The van der Waals surface area contributed by atoms with Crippen molar-refractivity contribution in [3.63, 3.8) is 0 Å². The molecule has 0 unspecified atom stereocenters. The monoisotopic (exact) mass is 250 g/mol. The van der Waals surface area contributed by atoms with Crippen LogP contribution in [0.15, 0.2) is 0 Å². The zero-order valence-electron chi connectivity index (χ0n) is 11.5. The van der Waals surface area contributed by atoms with Crippen LogP contribution in [0.3, 0.4) is 0 Å². The average molecular weight is 250 g/mol. The van der Waals surface area contributed by atoms with Crippen LogP contribution in [0.1, 0.15) is 58.3 Å². The highest BCUT2D eigenvalue weighted by Gasteiger charge is 2.52. The van der Waals surface area contributed by atoms with Crippen molar-refractivity contribution in [2.45, 2.75) is 63.9 Å². The maximum atomic E-state index is 10.9. The molecular weight excluding hydrogens is 224 g/mol. The van der Waals surface area contributed by atoms with Gasteiger partial charge in [-0.3, -0.25) is 0 Å². The first-order valence-corrected chi connectivity index (χ1v) is 7.50. The van der Waals surface area contributed by atoms with E-state index in [4.69, 9.17) is 0 Å². The molecule has 1 aliphatic carbocycles. The molecule has 3 nitrogen and oxygen atoms in total. The van der Waals surface area contributed by atoms with Gasteiger partial charge in [-0.25, -0.2) is 0 Å². The predicted molar refractivity (Wildman–Crippen MR) is 72.0 cm³/mol. The summed E-state index contributed by atoms with van der Waals surface area (Å²) in [5.41, 5.74) is -1.22. The standard InChI is InChI=1S/C15H26N2O/c1-2-3-13-4-6-14(12-16,7-5-13)15(18)8-10-17-11-9-15/h13,17-18H,2-11H2,1H3. The Balaban J connectivity index is 2.06. The van der Waals surface area contributed by atoms with Crippen LogP contribution in [0.5, 0.6) is 0 Å². The normalized spacial score (nSPS) is 35.9. The third-order valence-corrected chi connectivity index (χ3v) is 5.19. The van der Waals surface area contributed by atoms with Crippen molar-refractivity contribution in [1.29, 1.82) is 5.26 Å². The van der Waals surface area contributed by atoms with E-state index in [-0.39, 0.29) is 0 Å². The maximum absolute atomic E-state index is 10.9. The number of nitrogens with one attached hydrogen (secondary N) is 1. The van der Waals surface area contributed by atoms with Crippen molar-refractivity contribution in [3.05, 3.63) is 0 Å². The van der Waals surface area contributed by atoms with Crippen molar-refractivity contribution in [2.75, 3.05) is 13.1 Å². The van der Waals surface area contributed by atoms with Gasteiger partial charge in [-0.1, -0.05) is 19.8 Å². The fourth-order valence-electron chi connectivity index (χ4n) is 3.87. The number of aliphatic hydroxyl groups is 1. The Morgan fingerprint density at radius 3 is 2.33 bits per heavy atom. The van der Waals surface area contributed by atoms with Gasteiger partial charge < -0.3 is 10.4 Å². The highest BCUT2D eigenvalue weighted by atomic mass is 16.3. The molecular formula is C15H26N2O. The molecule has 0 aromatic heterocycles. The van der Waals surface area contributed by atoms with Gasteiger partial charge in [0.05, 0.1) is 17.1 Å². The number of hydrogen-bond acceptors (Lipinski definition) is 3. The summed E-state index contributed by atoms with van der Waals surface area (Å²) in [6.07, 6.45) is 8.02. The molecule has 2 aliphatic rings. The first-order chi connectivity index (χ1) is 8.66. The van der Waals surface area contributed by atoms with Crippen molar-refractivity contribution in [3.8, 4) is 6.07 Å². The molecule has 0 radical (unpaired) electrons. The second-order valence-electron chi connectivity index (χ2n) is 6.21. The molecule has 102 valence electrons. The Kier molecular flexibility index (Phi) is 4.29. The Morgan fingerprint density at radius 1 is 1.22 bits per heavy atom. The quantitative estimate of drug-likeness (QED) is 0.809. The van der Waals surface area contributed by atoms with Crippen molar-refractivity contribution >= 4 is 0 Å². The number of rotatable bonds is 3. The number of nitriles is 1. The molecule has 2 fully saturated rings. The second kappa shape index (κ2) is 5.59. The van der Waals surface area contributed by atoms with Gasteiger partial charge in [-0.15, -0.1) is 0 Å². The topological polar surface area (TPSA) is 56.0 Å². The van der Waals surface area contributed by atoms with Crippen LogP contribution in [0.4, 0.5) is 0 Å². The summed E-state index contributed by atoms with van der Waals surface area (Å²) >= 11 is 0. The smallest absolute Gasteiger partial charge is 0.0861 e. The van der Waals surface area contributed by atoms with Crippen LogP contribution in [-0.2, 0) is 0 Å². The molecule has 2 N–H and O–H groups in total. The highest BCUT2D eigenvalue weighted by Crippen LogP contribution is 2.50. The van der Waals surface area contributed by atoms with Crippen LogP contribution >= 0.6 is 0 Å². The molecule has 0 amide bonds. The van der Waals surface area contributed by atoms with Crippen LogP contribution in [0.25, 0.3) is 0 Å². The molecule has 1 saturated carbocycles. The van der Waals surface area contributed by atoms with Crippen LogP contribution in [0.2, 0.25) is 0 Å². The summed E-state index contributed by atoms with van der Waals surface area (Å²) in [6.45, 7) is 3.92. The van der Waals surface area contributed by atoms with E-state index in [1.807, 2.05) is 0 Å². The molecule has 0 spiro atoms. The number of nitrogens with zero attached hydrogens (tertiary/aromatic N) is 1. The largest absolute Gasteiger partial charge is 0.388 e. The zero-order valence-corrected chi connectivity index (χ0v) is 11.5. The van der Waals surface area contributed by atoms with Crippen molar-refractivity contribution in [1.82, 2.24) is 5.32 Å². The first-order valence-electron chi connectivity index (χ1n) is 7.50. The van der Waals surface area contributed by atoms with E-state index in [0.29, 0.717) is 0 Å². The van der Waals surface area contributed by atoms with E-state index in [1.54, 1.807) is 0 Å². The molecule has 0 aromatic carbocycles. The molecule has 0 aromatic rings. The fraction of sp³-hybridized carbons (Fsp3) is 0.933. The third-order valence-electron chi connectivity index (χ3n) is 5.19. The predicted octanol–water partition coefficient (Wildman–Crippen LogP) is 2.60. The lowest BCUT2D eigenvalue weighted by Gasteiger charge is -2.48. The summed E-state index contributed by atoms with van der Waals surface area (Å²) in [5.74, 6) is 0.779. The number of piperidine rings is 1. The van der Waals surface area contributed by atoms with Gasteiger partial charge in [0.2, 0.25) is 0 Å². The third kappa shape index (κ3) is 2.41. The summed E-state index contributed by atoms with van der Waals surface area (Å²) in [6, 6.07) is 2.51. The molecule has 1 aliphatic heterocycles. The van der Waals surface area contributed by atoms with E-state index in [1.165, 1.54) is 12.8 Å². The van der Waals surface area contributed by atoms with Crippen LogP contribution < -0.4 is 5.32 Å². The summed E-state index contributed by atoms with van der Waals surface area (Å²) in [7, 11) is 0. The molecule has 0 atom stereocenters. The van der Waals surface area contributed by atoms with E-state index >= 15 is 0 Å². The van der Waals surface area contributed by atoms with E-state index in [2.05, 4.69) is 18.3 Å². The van der Waals surface area contributed by atoms with Crippen molar-refractivity contribution < 1.29 is 5.11 Å². The zero-order chi connectivity index (χ0) is 13.1.